The van der Waals surface area contributed by atoms with Gasteiger partial charge in [0.2, 0.25) is 0 Å². The molecule has 1 aromatic carbocycles. The Kier molecular flexibility index (Phi) is 2.76. The normalized spacial score (nSPS) is 11.7. The van der Waals surface area contributed by atoms with Gasteiger partial charge in [-0.25, -0.2) is 4.68 Å². The molecule has 2 aromatic rings. The van der Waals surface area contributed by atoms with Crippen molar-refractivity contribution in [1.82, 2.24) is 9.78 Å². The third-order valence-electron chi connectivity index (χ3n) is 2.35. The topological polar surface area (TPSA) is 118 Å². The van der Waals surface area contributed by atoms with E-state index in [4.69, 9.17) is 10.3 Å². The average Bonchev–Trinajstić information content (AvgIpc) is 2.55. The van der Waals surface area contributed by atoms with Gasteiger partial charge in [0.05, 0.1) is 5.69 Å². The minimum Gasteiger partial charge on any atom is -0.399 e. The summed E-state index contributed by atoms with van der Waals surface area (Å²) in [7, 11) is -4.44. The summed E-state index contributed by atoms with van der Waals surface area (Å²) in [6.45, 7) is 1.65. The van der Waals surface area contributed by atoms with Gasteiger partial charge in [0.1, 0.15) is 4.90 Å². The van der Waals surface area contributed by atoms with Gasteiger partial charge in [-0.15, -0.1) is 0 Å². The molecule has 0 aliphatic carbocycles. The second-order valence-electron chi connectivity index (χ2n) is 3.82. The fourth-order valence-corrected chi connectivity index (χ4v) is 2.27. The first kappa shape index (κ1) is 12.4. The first-order valence-electron chi connectivity index (χ1n) is 4.95. The number of aromatic amines is 1. The van der Waals surface area contributed by atoms with Crippen LogP contribution < -0.4 is 11.3 Å². The lowest BCUT2D eigenvalue weighted by molar-refractivity contribution is 0.482. The Labute approximate surface area is 103 Å². The van der Waals surface area contributed by atoms with E-state index >= 15 is 0 Å². The average molecular weight is 269 g/mol. The van der Waals surface area contributed by atoms with Crippen molar-refractivity contribution in [3.8, 4) is 5.69 Å². The number of H-pyrrole nitrogens is 1. The second kappa shape index (κ2) is 4.00. The molecule has 0 fully saturated rings. The van der Waals surface area contributed by atoms with Crippen molar-refractivity contribution < 1.29 is 13.0 Å². The van der Waals surface area contributed by atoms with Crippen molar-refractivity contribution in [3.63, 3.8) is 0 Å². The van der Waals surface area contributed by atoms with Gasteiger partial charge in [-0.2, -0.15) is 8.42 Å². The van der Waals surface area contributed by atoms with E-state index < -0.39 is 15.7 Å². The molecule has 18 heavy (non-hydrogen) atoms. The molecule has 0 amide bonds. The third kappa shape index (κ3) is 2.15. The van der Waals surface area contributed by atoms with Crippen molar-refractivity contribution in [2.45, 2.75) is 11.8 Å². The molecular formula is C10H11N3O4S. The van der Waals surface area contributed by atoms with Crippen LogP contribution in [-0.4, -0.2) is 22.8 Å². The molecule has 8 heteroatoms. The quantitative estimate of drug-likeness (QED) is 0.535. The lowest BCUT2D eigenvalue weighted by atomic mass is 10.3. The fraction of sp³-hybridized carbons (Fsp3) is 0.100. The van der Waals surface area contributed by atoms with Gasteiger partial charge in [-0.05, 0) is 25.1 Å². The van der Waals surface area contributed by atoms with E-state index in [0.29, 0.717) is 5.69 Å². The number of aromatic nitrogens is 2. The van der Waals surface area contributed by atoms with Crippen molar-refractivity contribution in [3.05, 3.63) is 40.3 Å². The zero-order chi connectivity index (χ0) is 13.5. The summed E-state index contributed by atoms with van der Waals surface area (Å²) in [6, 6.07) is 5.06. The van der Waals surface area contributed by atoms with Gasteiger partial charge in [0.15, 0.2) is 0 Å². The SMILES string of the molecule is Cc1cc(=O)n(-c2cc(N)ccc2S(=O)(=O)O)[nH]1. The van der Waals surface area contributed by atoms with E-state index in [-0.39, 0.29) is 16.3 Å². The van der Waals surface area contributed by atoms with E-state index in [1.54, 1.807) is 6.92 Å². The summed E-state index contributed by atoms with van der Waals surface area (Å²) in [5, 5.41) is 2.67. The van der Waals surface area contributed by atoms with E-state index in [9.17, 15) is 13.2 Å². The zero-order valence-electron chi connectivity index (χ0n) is 9.41. The number of nitrogens with two attached hydrogens (primary N) is 1. The summed E-state index contributed by atoms with van der Waals surface area (Å²) < 4.78 is 32.6. The molecular weight excluding hydrogens is 258 g/mol. The number of aryl methyl sites for hydroxylation is 1. The van der Waals surface area contributed by atoms with Crippen LogP contribution in [0.5, 0.6) is 0 Å². The number of anilines is 1. The maximum atomic E-state index is 11.6. The van der Waals surface area contributed by atoms with E-state index in [0.717, 1.165) is 10.7 Å². The van der Waals surface area contributed by atoms with Gasteiger partial charge in [0.25, 0.3) is 15.7 Å². The summed E-state index contributed by atoms with van der Waals surface area (Å²) >= 11 is 0. The van der Waals surface area contributed by atoms with Gasteiger partial charge in [-0.1, -0.05) is 0 Å². The van der Waals surface area contributed by atoms with Crippen molar-refractivity contribution in [2.75, 3.05) is 5.73 Å². The summed E-state index contributed by atoms with van der Waals surface area (Å²) in [5.41, 5.74) is 5.93. The second-order valence-corrected chi connectivity index (χ2v) is 5.20. The molecule has 7 nitrogen and oxygen atoms in total. The molecule has 0 bridgehead atoms. The Bertz CT molecular complexity index is 758. The minimum absolute atomic E-state index is 0.0180. The highest BCUT2D eigenvalue weighted by Crippen LogP contribution is 2.21. The van der Waals surface area contributed by atoms with E-state index in [1.807, 2.05) is 0 Å². The van der Waals surface area contributed by atoms with Crippen LogP contribution in [0.1, 0.15) is 5.69 Å². The predicted molar refractivity (Wildman–Crippen MR) is 65.4 cm³/mol. The number of rotatable bonds is 2. The van der Waals surface area contributed by atoms with Crippen molar-refractivity contribution >= 4 is 15.8 Å². The molecule has 0 spiro atoms. The number of nitrogens with zero attached hydrogens (tertiary/aromatic N) is 1. The van der Waals surface area contributed by atoms with Gasteiger partial charge < -0.3 is 5.73 Å². The number of hydrogen-bond acceptors (Lipinski definition) is 4. The number of benzene rings is 1. The lowest BCUT2D eigenvalue weighted by Crippen LogP contribution is -2.17. The lowest BCUT2D eigenvalue weighted by Gasteiger charge is -2.08. The Morgan fingerprint density at radius 2 is 2.00 bits per heavy atom. The maximum Gasteiger partial charge on any atom is 0.296 e. The molecule has 96 valence electrons. The van der Waals surface area contributed by atoms with Crippen LogP contribution in [0.25, 0.3) is 5.69 Å². The zero-order valence-corrected chi connectivity index (χ0v) is 10.2. The Hall–Kier alpha value is -2.06. The van der Waals surface area contributed by atoms with Crippen molar-refractivity contribution in [1.29, 1.82) is 0 Å². The molecule has 0 unspecified atom stereocenters. The van der Waals surface area contributed by atoms with Crippen LogP contribution in [0.4, 0.5) is 5.69 Å². The standard InChI is InChI=1S/C10H11N3O4S/c1-6-4-10(14)13(12-6)8-5-7(11)2-3-9(8)18(15,16)17/h2-5,12H,11H2,1H3,(H,15,16,17). The Morgan fingerprint density at radius 1 is 1.33 bits per heavy atom. The molecule has 0 aliphatic rings. The first-order chi connectivity index (χ1) is 8.29. The largest absolute Gasteiger partial charge is 0.399 e. The van der Waals surface area contributed by atoms with Gasteiger partial charge in [-0.3, -0.25) is 14.4 Å². The van der Waals surface area contributed by atoms with E-state index in [2.05, 4.69) is 5.10 Å². The Balaban J connectivity index is 2.82. The van der Waals surface area contributed by atoms with Crippen LogP contribution in [0.3, 0.4) is 0 Å². The number of hydrogen-bond donors (Lipinski definition) is 3. The van der Waals surface area contributed by atoms with Crippen LogP contribution in [-0.2, 0) is 10.1 Å². The predicted octanol–water partition coefficient (Wildman–Crippen LogP) is 0.303. The summed E-state index contributed by atoms with van der Waals surface area (Å²) in [6.07, 6.45) is 0. The first-order valence-corrected chi connectivity index (χ1v) is 6.39. The molecule has 4 N–H and O–H groups in total. The van der Waals surface area contributed by atoms with E-state index in [1.165, 1.54) is 18.2 Å². The fourth-order valence-electron chi connectivity index (χ4n) is 1.62. The van der Waals surface area contributed by atoms with Crippen LogP contribution in [0.15, 0.2) is 34.0 Å². The Morgan fingerprint density at radius 3 is 2.50 bits per heavy atom. The molecule has 0 radical (unpaired) electrons. The van der Waals surface area contributed by atoms with Crippen molar-refractivity contribution in [2.24, 2.45) is 0 Å². The summed E-state index contributed by atoms with van der Waals surface area (Å²) in [5.74, 6) is 0. The van der Waals surface area contributed by atoms with Crippen LogP contribution in [0.2, 0.25) is 0 Å². The summed E-state index contributed by atoms with van der Waals surface area (Å²) in [4.78, 5) is 11.3. The monoisotopic (exact) mass is 269 g/mol. The highest BCUT2D eigenvalue weighted by atomic mass is 32.2. The molecule has 0 saturated carbocycles. The molecule has 1 aromatic heterocycles. The highest BCUT2D eigenvalue weighted by molar-refractivity contribution is 7.86. The molecule has 2 rings (SSSR count). The molecule has 0 atom stereocenters. The van der Waals surface area contributed by atoms with Crippen LogP contribution >= 0.6 is 0 Å². The molecule has 0 saturated heterocycles. The maximum absolute atomic E-state index is 11.6. The third-order valence-corrected chi connectivity index (χ3v) is 3.25. The smallest absolute Gasteiger partial charge is 0.296 e. The number of nitrogens with one attached hydrogen (secondary N) is 1. The molecule has 0 aliphatic heterocycles. The van der Waals surface area contributed by atoms with Gasteiger partial charge >= 0.3 is 0 Å². The number of nitrogen functional groups attached to an aromatic ring is 1. The minimum atomic E-state index is -4.44. The van der Waals surface area contributed by atoms with Gasteiger partial charge in [0, 0.05) is 17.4 Å². The molecule has 1 heterocycles. The highest BCUT2D eigenvalue weighted by Gasteiger charge is 2.18. The van der Waals surface area contributed by atoms with Crippen LogP contribution in [0, 0.1) is 6.92 Å².